The highest BCUT2D eigenvalue weighted by Gasteiger charge is 2.05. The predicted octanol–water partition coefficient (Wildman–Crippen LogP) is 3.00. The van der Waals surface area contributed by atoms with E-state index >= 15 is 0 Å². The first-order valence-electron chi connectivity index (χ1n) is 5.53. The number of nitrogens with one attached hydrogen (secondary N) is 1. The average molecular weight is 265 g/mol. The summed E-state index contributed by atoms with van der Waals surface area (Å²) in [5.74, 6) is 0. The van der Waals surface area contributed by atoms with Gasteiger partial charge in [-0.15, -0.1) is 0 Å². The van der Waals surface area contributed by atoms with Crippen LogP contribution in [0.5, 0.6) is 0 Å². The Hall–Kier alpha value is -1.14. The van der Waals surface area contributed by atoms with Crippen molar-refractivity contribution in [1.29, 1.82) is 0 Å². The van der Waals surface area contributed by atoms with Gasteiger partial charge in [0.2, 0.25) is 0 Å². The van der Waals surface area contributed by atoms with Gasteiger partial charge in [-0.1, -0.05) is 24.3 Å². The van der Waals surface area contributed by atoms with Gasteiger partial charge in [0.1, 0.15) is 6.61 Å². The molecule has 102 valence electrons. The second-order valence-electron chi connectivity index (χ2n) is 3.69. The Balaban J connectivity index is 2.15. The highest BCUT2D eigenvalue weighted by molar-refractivity contribution is 5.23. The van der Waals surface area contributed by atoms with Gasteiger partial charge in [0.05, 0.1) is 6.61 Å². The summed E-state index contributed by atoms with van der Waals surface area (Å²) in [5.41, 5.74) is 0.840. The van der Waals surface area contributed by atoms with E-state index in [1.54, 1.807) is 12.1 Å². The van der Waals surface area contributed by atoms with E-state index in [9.17, 15) is 17.6 Å². The Kier molecular flexibility index (Phi) is 6.67. The van der Waals surface area contributed by atoms with Crippen LogP contribution in [-0.2, 0) is 11.3 Å². The molecule has 0 unspecified atom stereocenters. The topological polar surface area (TPSA) is 21.3 Å². The lowest BCUT2D eigenvalue weighted by Gasteiger charge is -2.07. The SMILES string of the molecule is FC(F)COCCNCc1ccc(C(F)F)cc1. The summed E-state index contributed by atoms with van der Waals surface area (Å²) < 4.78 is 52.6. The highest BCUT2D eigenvalue weighted by Crippen LogP contribution is 2.18. The van der Waals surface area contributed by atoms with Crippen LogP contribution in [0.4, 0.5) is 17.6 Å². The maximum Gasteiger partial charge on any atom is 0.263 e. The number of benzene rings is 1. The van der Waals surface area contributed by atoms with Gasteiger partial charge in [-0.25, -0.2) is 17.6 Å². The van der Waals surface area contributed by atoms with E-state index in [-0.39, 0.29) is 12.2 Å². The summed E-state index contributed by atoms with van der Waals surface area (Å²) in [4.78, 5) is 0. The monoisotopic (exact) mass is 265 g/mol. The van der Waals surface area contributed by atoms with Gasteiger partial charge < -0.3 is 10.1 Å². The first-order chi connectivity index (χ1) is 8.59. The fourth-order valence-corrected chi connectivity index (χ4v) is 1.33. The minimum Gasteiger partial charge on any atom is -0.374 e. The lowest BCUT2D eigenvalue weighted by molar-refractivity contribution is 0.0187. The van der Waals surface area contributed by atoms with Crippen LogP contribution in [0.25, 0.3) is 0 Å². The highest BCUT2D eigenvalue weighted by atomic mass is 19.3. The van der Waals surface area contributed by atoms with Crippen molar-refractivity contribution in [3.05, 3.63) is 35.4 Å². The molecule has 0 aliphatic carbocycles. The third-order valence-electron chi connectivity index (χ3n) is 2.23. The van der Waals surface area contributed by atoms with Crippen LogP contribution in [0.1, 0.15) is 17.6 Å². The number of hydrogen-bond acceptors (Lipinski definition) is 2. The molecule has 1 aromatic carbocycles. The summed E-state index contributed by atoms with van der Waals surface area (Å²) in [5, 5.41) is 2.97. The van der Waals surface area contributed by atoms with E-state index in [2.05, 4.69) is 10.1 Å². The molecule has 1 N–H and O–H groups in total. The van der Waals surface area contributed by atoms with Gasteiger partial charge in [0.25, 0.3) is 12.9 Å². The molecule has 0 aliphatic heterocycles. The smallest absolute Gasteiger partial charge is 0.263 e. The summed E-state index contributed by atoms with van der Waals surface area (Å²) in [7, 11) is 0. The minimum atomic E-state index is -2.46. The molecule has 0 spiro atoms. The molecule has 0 bridgehead atoms. The zero-order valence-corrected chi connectivity index (χ0v) is 9.71. The quantitative estimate of drug-likeness (QED) is 0.576. The van der Waals surface area contributed by atoms with E-state index in [0.717, 1.165) is 5.56 Å². The molecule has 0 fully saturated rings. The van der Waals surface area contributed by atoms with Crippen molar-refractivity contribution < 1.29 is 22.3 Å². The number of hydrogen-bond donors (Lipinski definition) is 1. The van der Waals surface area contributed by atoms with Gasteiger partial charge >= 0.3 is 0 Å². The maximum absolute atomic E-state index is 12.3. The van der Waals surface area contributed by atoms with E-state index in [4.69, 9.17) is 0 Å². The van der Waals surface area contributed by atoms with Crippen molar-refractivity contribution in [2.45, 2.75) is 19.4 Å². The summed E-state index contributed by atoms with van der Waals surface area (Å²) in [6, 6.07) is 5.95. The van der Waals surface area contributed by atoms with Crippen molar-refractivity contribution in [3.63, 3.8) is 0 Å². The average Bonchev–Trinajstić information content (AvgIpc) is 2.34. The lowest BCUT2D eigenvalue weighted by Crippen LogP contribution is -2.20. The number of alkyl halides is 4. The molecule has 0 heterocycles. The van der Waals surface area contributed by atoms with Crippen LogP contribution >= 0.6 is 0 Å². The number of ether oxygens (including phenoxy) is 1. The van der Waals surface area contributed by atoms with Crippen molar-refractivity contribution >= 4 is 0 Å². The van der Waals surface area contributed by atoms with Crippen LogP contribution in [0.3, 0.4) is 0 Å². The lowest BCUT2D eigenvalue weighted by atomic mass is 10.1. The normalized spacial score (nSPS) is 11.4. The van der Waals surface area contributed by atoms with Crippen LogP contribution in [0.2, 0.25) is 0 Å². The standard InChI is InChI=1S/C12H15F4NO/c13-11(14)8-18-6-5-17-7-9-1-3-10(4-2-9)12(15)16/h1-4,11-12,17H,5-8H2. The maximum atomic E-state index is 12.3. The van der Waals surface area contributed by atoms with E-state index in [1.807, 2.05) is 0 Å². The third kappa shape index (κ3) is 5.97. The minimum absolute atomic E-state index is 0.0148. The van der Waals surface area contributed by atoms with Gasteiger partial charge in [-0.2, -0.15) is 0 Å². The van der Waals surface area contributed by atoms with Crippen LogP contribution in [0, 0.1) is 0 Å². The van der Waals surface area contributed by atoms with Crippen molar-refractivity contribution in [1.82, 2.24) is 5.32 Å². The molecule has 6 heteroatoms. The van der Waals surface area contributed by atoms with E-state index in [1.165, 1.54) is 12.1 Å². The third-order valence-corrected chi connectivity index (χ3v) is 2.23. The summed E-state index contributed by atoms with van der Waals surface area (Å²) in [6.45, 7) is 0.551. The second kappa shape index (κ2) is 8.05. The van der Waals surface area contributed by atoms with Gasteiger partial charge in [-0.3, -0.25) is 0 Å². The van der Waals surface area contributed by atoms with Crippen molar-refractivity contribution in [2.24, 2.45) is 0 Å². The Morgan fingerprint density at radius 3 is 2.28 bits per heavy atom. The molecule has 0 atom stereocenters. The molecule has 0 saturated heterocycles. The Morgan fingerprint density at radius 2 is 1.72 bits per heavy atom. The van der Waals surface area contributed by atoms with Crippen molar-refractivity contribution in [2.75, 3.05) is 19.8 Å². The molecule has 0 radical (unpaired) electrons. The molecule has 18 heavy (non-hydrogen) atoms. The van der Waals surface area contributed by atoms with Gasteiger partial charge in [0.15, 0.2) is 0 Å². The van der Waals surface area contributed by atoms with Crippen LogP contribution in [0.15, 0.2) is 24.3 Å². The van der Waals surface area contributed by atoms with Gasteiger partial charge in [0, 0.05) is 18.7 Å². The largest absolute Gasteiger partial charge is 0.374 e. The molecule has 0 aromatic heterocycles. The van der Waals surface area contributed by atoms with Crippen molar-refractivity contribution in [3.8, 4) is 0 Å². The molecular formula is C12H15F4NO. The first kappa shape index (κ1) is 14.9. The molecule has 0 saturated carbocycles. The predicted molar refractivity (Wildman–Crippen MR) is 59.9 cm³/mol. The van der Waals surface area contributed by atoms with Crippen LogP contribution < -0.4 is 5.32 Å². The molecule has 2 nitrogen and oxygen atoms in total. The van der Waals surface area contributed by atoms with E-state index < -0.39 is 19.5 Å². The zero-order valence-electron chi connectivity index (χ0n) is 9.71. The fraction of sp³-hybridized carbons (Fsp3) is 0.500. The first-order valence-corrected chi connectivity index (χ1v) is 5.53. The Bertz CT molecular complexity index is 329. The summed E-state index contributed by atoms with van der Waals surface area (Å²) >= 11 is 0. The molecule has 1 aromatic rings. The zero-order chi connectivity index (χ0) is 13.4. The second-order valence-corrected chi connectivity index (χ2v) is 3.69. The Morgan fingerprint density at radius 1 is 1.06 bits per heavy atom. The number of rotatable bonds is 8. The summed E-state index contributed by atoms with van der Waals surface area (Å²) in [6.07, 6.45) is -4.92. The number of halogens is 4. The molecule has 0 aliphatic rings. The molecule has 1 rings (SSSR count). The molecule has 0 amide bonds. The van der Waals surface area contributed by atoms with Gasteiger partial charge in [-0.05, 0) is 5.56 Å². The Labute approximate surface area is 103 Å². The van der Waals surface area contributed by atoms with E-state index in [0.29, 0.717) is 13.1 Å². The van der Waals surface area contributed by atoms with Crippen LogP contribution in [-0.4, -0.2) is 26.2 Å². The molecular weight excluding hydrogens is 250 g/mol. The fourth-order valence-electron chi connectivity index (χ4n) is 1.33.